The summed E-state index contributed by atoms with van der Waals surface area (Å²) in [6, 6.07) is 9.59. The normalized spacial score (nSPS) is 10.3. The lowest BCUT2D eigenvalue weighted by Gasteiger charge is -2.06. The molecule has 0 amide bonds. The summed E-state index contributed by atoms with van der Waals surface area (Å²) < 4.78 is 1.73. The van der Waals surface area contributed by atoms with Gasteiger partial charge >= 0.3 is 0 Å². The first-order chi connectivity index (χ1) is 10.2. The standard InChI is InChI=1S/C15H14N6/c1-3-12-8-9-16-15(18-12)19-13-4-6-14(7-5-13)21-10-17-11(2)20-21/h3-10H,1H2,2H3,(H,16,18,19). The van der Waals surface area contributed by atoms with Crippen molar-refractivity contribution < 1.29 is 0 Å². The van der Waals surface area contributed by atoms with E-state index >= 15 is 0 Å². The molecule has 0 spiro atoms. The lowest BCUT2D eigenvalue weighted by Crippen LogP contribution is -1.99. The summed E-state index contributed by atoms with van der Waals surface area (Å²) in [5, 5.41) is 7.41. The van der Waals surface area contributed by atoms with E-state index in [0.717, 1.165) is 22.9 Å². The monoisotopic (exact) mass is 278 g/mol. The van der Waals surface area contributed by atoms with Gasteiger partial charge in [-0.25, -0.2) is 19.6 Å². The number of anilines is 2. The van der Waals surface area contributed by atoms with E-state index in [1.807, 2.05) is 31.2 Å². The van der Waals surface area contributed by atoms with Gasteiger partial charge in [0.25, 0.3) is 0 Å². The van der Waals surface area contributed by atoms with Crippen LogP contribution in [-0.2, 0) is 0 Å². The summed E-state index contributed by atoms with van der Waals surface area (Å²) in [6.07, 6.45) is 5.07. The molecule has 0 aliphatic rings. The fraction of sp³-hybridized carbons (Fsp3) is 0.0667. The van der Waals surface area contributed by atoms with Gasteiger partial charge in [0, 0.05) is 11.9 Å². The second-order valence-corrected chi connectivity index (χ2v) is 4.42. The average Bonchev–Trinajstić information content (AvgIpc) is 2.95. The van der Waals surface area contributed by atoms with Gasteiger partial charge < -0.3 is 5.32 Å². The summed E-state index contributed by atoms with van der Waals surface area (Å²) in [5.41, 5.74) is 2.63. The molecule has 0 radical (unpaired) electrons. The second-order valence-electron chi connectivity index (χ2n) is 4.42. The van der Waals surface area contributed by atoms with Crippen LogP contribution < -0.4 is 5.32 Å². The minimum Gasteiger partial charge on any atom is -0.324 e. The number of nitrogens with one attached hydrogen (secondary N) is 1. The Kier molecular flexibility index (Phi) is 3.42. The molecular formula is C15H14N6. The van der Waals surface area contributed by atoms with Crippen LogP contribution in [0.5, 0.6) is 0 Å². The van der Waals surface area contributed by atoms with Crippen LogP contribution in [0.4, 0.5) is 11.6 Å². The summed E-state index contributed by atoms with van der Waals surface area (Å²) in [7, 11) is 0. The number of aromatic nitrogens is 5. The first kappa shape index (κ1) is 13.0. The lowest BCUT2D eigenvalue weighted by molar-refractivity contribution is 0.863. The SMILES string of the molecule is C=Cc1ccnc(Nc2ccc(-n3cnc(C)n3)cc2)n1. The van der Waals surface area contributed by atoms with Crippen LogP contribution in [0, 0.1) is 6.92 Å². The summed E-state index contributed by atoms with van der Waals surface area (Å²) in [4.78, 5) is 12.6. The third kappa shape index (κ3) is 2.94. The largest absolute Gasteiger partial charge is 0.324 e. The van der Waals surface area contributed by atoms with E-state index in [2.05, 4.69) is 31.9 Å². The zero-order chi connectivity index (χ0) is 14.7. The maximum Gasteiger partial charge on any atom is 0.227 e. The Hall–Kier alpha value is -3.02. The van der Waals surface area contributed by atoms with Crippen LogP contribution in [0.3, 0.4) is 0 Å². The average molecular weight is 278 g/mol. The highest BCUT2D eigenvalue weighted by Crippen LogP contribution is 2.16. The van der Waals surface area contributed by atoms with Gasteiger partial charge in [-0.2, -0.15) is 5.10 Å². The van der Waals surface area contributed by atoms with E-state index in [0.29, 0.717) is 5.95 Å². The van der Waals surface area contributed by atoms with Crippen LogP contribution in [0.2, 0.25) is 0 Å². The fourth-order valence-corrected chi connectivity index (χ4v) is 1.84. The molecule has 1 N–H and O–H groups in total. The second kappa shape index (κ2) is 5.54. The van der Waals surface area contributed by atoms with E-state index in [4.69, 9.17) is 0 Å². The van der Waals surface area contributed by atoms with Crippen molar-refractivity contribution in [1.82, 2.24) is 24.7 Å². The van der Waals surface area contributed by atoms with E-state index in [-0.39, 0.29) is 0 Å². The Morgan fingerprint density at radius 2 is 1.95 bits per heavy atom. The highest BCUT2D eigenvalue weighted by atomic mass is 15.3. The number of aryl methyl sites for hydroxylation is 1. The molecule has 0 bridgehead atoms. The predicted octanol–water partition coefficient (Wildman–Crippen LogP) is 2.75. The first-order valence-electron chi connectivity index (χ1n) is 6.46. The Morgan fingerprint density at radius 1 is 1.14 bits per heavy atom. The van der Waals surface area contributed by atoms with Gasteiger partial charge in [-0.05, 0) is 43.3 Å². The molecule has 1 aromatic carbocycles. The van der Waals surface area contributed by atoms with Crippen molar-refractivity contribution in [2.75, 3.05) is 5.32 Å². The number of rotatable bonds is 4. The van der Waals surface area contributed by atoms with Crippen LogP contribution in [-0.4, -0.2) is 24.7 Å². The molecule has 6 heteroatoms. The molecule has 0 aliphatic heterocycles. The molecule has 0 saturated heterocycles. The number of benzene rings is 1. The minimum atomic E-state index is 0.539. The summed E-state index contributed by atoms with van der Waals surface area (Å²) in [5.74, 6) is 1.28. The van der Waals surface area contributed by atoms with E-state index < -0.39 is 0 Å². The molecule has 2 heterocycles. The molecule has 104 valence electrons. The van der Waals surface area contributed by atoms with Gasteiger partial charge in [0.15, 0.2) is 0 Å². The number of hydrogen-bond acceptors (Lipinski definition) is 5. The Morgan fingerprint density at radius 3 is 2.62 bits per heavy atom. The van der Waals surface area contributed by atoms with E-state index in [1.165, 1.54) is 0 Å². The summed E-state index contributed by atoms with van der Waals surface area (Å²) >= 11 is 0. The van der Waals surface area contributed by atoms with Crippen molar-refractivity contribution in [1.29, 1.82) is 0 Å². The maximum atomic E-state index is 4.30. The molecular weight excluding hydrogens is 264 g/mol. The summed E-state index contributed by atoms with van der Waals surface area (Å²) in [6.45, 7) is 5.55. The minimum absolute atomic E-state index is 0.539. The van der Waals surface area contributed by atoms with Crippen molar-refractivity contribution in [3.8, 4) is 5.69 Å². The Labute approximate surface area is 122 Å². The molecule has 21 heavy (non-hydrogen) atoms. The molecule has 0 saturated carbocycles. The van der Waals surface area contributed by atoms with Crippen molar-refractivity contribution >= 4 is 17.7 Å². The Bertz CT molecular complexity index is 760. The Balaban J connectivity index is 1.79. The van der Waals surface area contributed by atoms with Gasteiger partial charge in [0.1, 0.15) is 12.2 Å². The third-order valence-electron chi connectivity index (χ3n) is 2.88. The number of nitrogens with zero attached hydrogens (tertiary/aromatic N) is 5. The molecule has 0 unspecified atom stereocenters. The van der Waals surface area contributed by atoms with Crippen LogP contribution in [0.1, 0.15) is 11.5 Å². The maximum absolute atomic E-state index is 4.30. The van der Waals surface area contributed by atoms with Gasteiger partial charge in [0.05, 0.1) is 11.4 Å². The van der Waals surface area contributed by atoms with Crippen molar-refractivity contribution in [2.24, 2.45) is 0 Å². The van der Waals surface area contributed by atoms with Crippen LogP contribution >= 0.6 is 0 Å². The lowest BCUT2D eigenvalue weighted by atomic mass is 10.3. The first-order valence-corrected chi connectivity index (χ1v) is 6.46. The van der Waals surface area contributed by atoms with Gasteiger partial charge in [-0.15, -0.1) is 0 Å². The zero-order valence-electron chi connectivity index (χ0n) is 11.6. The highest BCUT2D eigenvalue weighted by molar-refractivity contribution is 5.56. The molecule has 2 aromatic heterocycles. The number of hydrogen-bond donors (Lipinski definition) is 1. The quantitative estimate of drug-likeness (QED) is 0.794. The topological polar surface area (TPSA) is 68.5 Å². The van der Waals surface area contributed by atoms with E-state index in [1.54, 1.807) is 29.3 Å². The van der Waals surface area contributed by atoms with Crippen molar-refractivity contribution in [3.05, 3.63) is 61.0 Å². The van der Waals surface area contributed by atoms with Crippen LogP contribution in [0.15, 0.2) is 49.4 Å². The van der Waals surface area contributed by atoms with Gasteiger partial charge in [-0.3, -0.25) is 0 Å². The van der Waals surface area contributed by atoms with Crippen LogP contribution in [0.25, 0.3) is 11.8 Å². The third-order valence-corrected chi connectivity index (χ3v) is 2.88. The molecule has 0 aliphatic carbocycles. The molecule has 3 rings (SSSR count). The smallest absolute Gasteiger partial charge is 0.227 e. The molecule has 0 fully saturated rings. The van der Waals surface area contributed by atoms with Crippen molar-refractivity contribution in [2.45, 2.75) is 6.92 Å². The molecule has 0 atom stereocenters. The zero-order valence-corrected chi connectivity index (χ0v) is 11.6. The van der Waals surface area contributed by atoms with Gasteiger partial charge in [0.2, 0.25) is 5.95 Å². The van der Waals surface area contributed by atoms with Gasteiger partial charge in [-0.1, -0.05) is 6.58 Å². The highest BCUT2D eigenvalue weighted by Gasteiger charge is 2.01. The molecule has 3 aromatic rings. The predicted molar refractivity (Wildman–Crippen MR) is 81.5 cm³/mol. The molecule has 6 nitrogen and oxygen atoms in total. The van der Waals surface area contributed by atoms with Crippen molar-refractivity contribution in [3.63, 3.8) is 0 Å². The van der Waals surface area contributed by atoms with E-state index in [9.17, 15) is 0 Å². The fourth-order valence-electron chi connectivity index (χ4n) is 1.84.